The number of methoxy groups -OCH3 is 1. The first-order chi connectivity index (χ1) is 11.2. The predicted molar refractivity (Wildman–Crippen MR) is 84.9 cm³/mol. The Morgan fingerprint density at radius 1 is 1.50 bits per heavy atom. The van der Waals surface area contributed by atoms with Crippen LogP contribution in [0.1, 0.15) is 13.3 Å². The highest BCUT2D eigenvalue weighted by Crippen LogP contribution is 2.32. The van der Waals surface area contributed by atoms with Crippen LogP contribution in [0.25, 0.3) is 0 Å². The summed E-state index contributed by atoms with van der Waals surface area (Å²) in [6, 6.07) is -1.47. The molecule has 10 nitrogen and oxygen atoms in total. The molecule has 0 saturated carbocycles. The Morgan fingerprint density at radius 2 is 2.12 bits per heavy atom. The number of guanidine groups is 1. The van der Waals surface area contributed by atoms with Crippen molar-refractivity contribution >= 4 is 17.8 Å². The topological polar surface area (TPSA) is 180 Å². The molecule has 5 atom stereocenters. The summed E-state index contributed by atoms with van der Waals surface area (Å²) in [5, 5.41) is 31.0. The average Bonchev–Trinajstić information content (AvgIpc) is 2.89. The molecule has 1 rings (SSSR count). The van der Waals surface area contributed by atoms with Gasteiger partial charge in [-0.25, -0.2) is 9.79 Å². The van der Waals surface area contributed by atoms with Crippen LogP contribution in [0.3, 0.4) is 0 Å². The van der Waals surface area contributed by atoms with E-state index >= 15 is 0 Å². The highest BCUT2D eigenvalue weighted by molar-refractivity contribution is 5.87. The van der Waals surface area contributed by atoms with Gasteiger partial charge in [0, 0.05) is 31.9 Å². The third-order valence-electron chi connectivity index (χ3n) is 3.83. The second-order valence-electron chi connectivity index (χ2n) is 5.58. The molecule has 0 spiro atoms. The number of amides is 1. The number of carbonyl (C=O) groups is 2. The van der Waals surface area contributed by atoms with E-state index in [-0.39, 0.29) is 18.0 Å². The van der Waals surface area contributed by atoms with Crippen LogP contribution in [0.4, 0.5) is 0 Å². The summed E-state index contributed by atoms with van der Waals surface area (Å²) in [6.45, 7) is 0.682. The van der Waals surface area contributed by atoms with Crippen molar-refractivity contribution < 1.29 is 29.6 Å². The molecule has 1 aliphatic carbocycles. The SMILES string of the molecule is CO[C@H]([C@@H](NC(C)=O)[C@H]1C=C(C(=O)O)C[C@H]1N=C(N)N)[C@@H](O)CO. The number of ether oxygens (including phenoxy) is 1. The Labute approximate surface area is 139 Å². The number of carboxylic acids is 1. The number of carboxylic acid groups (broad SMARTS) is 1. The summed E-state index contributed by atoms with van der Waals surface area (Å²) >= 11 is 0. The number of aliphatic carboxylic acids is 1. The quantitative estimate of drug-likeness (QED) is 0.207. The molecule has 0 aromatic rings. The highest BCUT2D eigenvalue weighted by Gasteiger charge is 2.42. The summed E-state index contributed by atoms with van der Waals surface area (Å²) in [5.74, 6) is -2.38. The van der Waals surface area contributed by atoms with Crippen molar-refractivity contribution in [3.8, 4) is 0 Å². The first-order valence-corrected chi connectivity index (χ1v) is 7.32. The van der Waals surface area contributed by atoms with Crippen molar-refractivity contribution in [3.05, 3.63) is 11.6 Å². The van der Waals surface area contributed by atoms with Crippen molar-refractivity contribution in [2.24, 2.45) is 22.4 Å². The Morgan fingerprint density at radius 3 is 2.54 bits per heavy atom. The van der Waals surface area contributed by atoms with Crippen LogP contribution in [0.5, 0.6) is 0 Å². The van der Waals surface area contributed by atoms with Gasteiger partial charge >= 0.3 is 5.97 Å². The maximum absolute atomic E-state index is 11.6. The number of hydrogen-bond acceptors (Lipinski definition) is 6. The summed E-state index contributed by atoms with van der Waals surface area (Å²) < 4.78 is 5.22. The van der Waals surface area contributed by atoms with Crippen LogP contribution in [-0.4, -0.2) is 71.2 Å². The second kappa shape index (κ2) is 8.62. The van der Waals surface area contributed by atoms with E-state index < -0.39 is 48.7 Å². The Balaban J connectivity index is 3.26. The van der Waals surface area contributed by atoms with Crippen LogP contribution in [0.15, 0.2) is 16.6 Å². The number of carbonyl (C=O) groups excluding carboxylic acids is 1. The fraction of sp³-hybridized carbons (Fsp3) is 0.643. The molecule has 0 unspecified atom stereocenters. The maximum atomic E-state index is 11.6. The van der Waals surface area contributed by atoms with Crippen LogP contribution < -0.4 is 16.8 Å². The van der Waals surface area contributed by atoms with Gasteiger partial charge in [-0.2, -0.15) is 0 Å². The zero-order chi connectivity index (χ0) is 18.4. The van der Waals surface area contributed by atoms with Crippen LogP contribution in [-0.2, 0) is 14.3 Å². The molecule has 0 radical (unpaired) electrons. The van der Waals surface area contributed by atoms with Crippen molar-refractivity contribution in [1.82, 2.24) is 5.32 Å². The molecule has 1 amide bonds. The van der Waals surface area contributed by atoms with Crippen molar-refractivity contribution in [3.63, 3.8) is 0 Å². The van der Waals surface area contributed by atoms with Gasteiger partial charge in [-0.3, -0.25) is 4.79 Å². The largest absolute Gasteiger partial charge is 0.478 e. The molecule has 8 N–H and O–H groups in total. The standard InChI is InChI=1S/C14H24N4O6/c1-6(20)17-11(12(24-2)10(21)5-19)8-3-7(13(22)23)4-9(8)18-14(15)16/h3,8-12,19,21H,4-5H2,1-2H3,(H,17,20)(H,22,23)(H4,15,16,18)/t8-,9+,10-,11-,12-/m0/s1. The van der Waals surface area contributed by atoms with Gasteiger partial charge in [0.2, 0.25) is 5.91 Å². The van der Waals surface area contributed by atoms with Gasteiger partial charge in [-0.1, -0.05) is 6.08 Å². The van der Waals surface area contributed by atoms with Crippen LogP contribution >= 0.6 is 0 Å². The van der Waals surface area contributed by atoms with Gasteiger partial charge in [0.05, 0.1) is 18.7 Å². The van der Waals surface area contributed by atoms with Gasteiger partial charge in [0.1, 0.15) is 12.2 Å². The fourth-order valence-electron chi connectivity index (χ4n) is 2.88. The monoisotopic (exact) mass is 344 g/mol. The minimum Gasteiger partial charge on any atom is -0.478 e. The van der Waals surface area contributed by atoms with E-state index in [0.29, 0.717) is 0 Å². The molecule has 0 bridgehead atoms. The van der Waals surface area contributed by atoms with Crippen molar-refractivity contribution in [2.45, 2.75) is 37.6 Å². The van der Waals surface area contributed by atoms with Crippen LogP contribution in [0.2, 0.25) is 0 Å². The number of nitrogens with two attached hydrogens (primary N) is 2. The summed E-state index contributed by atoms with van der Waals surface area (Å²) in [7, 11) is 1.31. The maximum Gasteiger partial charge on any atom is 0.331 e. The first kappa shape index (κ1) is 19.9. The lowest BCUT2D eigenvalue weighted by Crippen LogP contribution is -2.55. The lowest BCUT2D eigenvalue weighted by molar-refractivity contribution is -0.132. The molecule has 0 aromatic heterocycles. The minimum atomic E-state index is -1.28. The van der Waals surface area contributed by atoms with E-state index in [1.54, 1.807) is 0 Å². The van der Waals surface area contributed by atoms with E-state index in [0.717, 1.165) is 0 Å². The van der Waals surface area contributed by atoms with Gasteiger partial charge < -0.3 is 36.8 Å². The number of rotatable bonds is 8. The molecule has 24 heavy (non-hydrogen) atoms. The van der Waals surface area contributed by atoms with E-state index in [1.165, 1.54) is 20.1 Å². The molecule has 136 valence electrons. The predicted octanol–water partition coefficient (Wildman–Crippen LogP) is -2.47. The normalized spacial score (nSPS) is 23.8. The Hall–Kier alpha value is -2.17. The fourth-order valence-corrected chi connectivity index (χ4v) is 2.88. The summed E-state index contributed by atoms with van der Waals surface area (Å²) in [6.07, 6.45) is -0.755. The molecule has 0 aromatic carbocycles. The molecule has 0 heterocycles. The minimum absolute atomic E-state index is 0.0691. The third kappa shape index (κ3) is 4.91. The van der Waals surface area contributed by atoms with Crippen molar-refractivity contribution in [1.29, 1.82) is 0 Å². The summed E-state index contributed by atoms with van der Waals surface area (Å²) in [4.78, 5) is 26.8. The van der Waals surface area contributed by atoms with Gasteiger partial charge in [0.25, 0.3) is 0 Å². The number of hydrogen-bond donors (Lipinski definition) is 6. The van der Waals surface area contributed by atoms with Gasteiger partial charge in [-0.15, -0.1) is 0 Å². The number of aliphatic hydroxyl groups excluding tert-OH is 2. The van der Waals surface area contributed by atoms with E-state index in [9.17, 15) is 24.9 Å². The first-order valence-electron chi connectivity index (χ1n) is 7.32. The molecule has 1 aliphatic rings. The second-order valence-corrected chi connectivity index (χ2v) is 5.58. The number of aliphatic hydroxyl groups is 2. The number of nitrogens with one attached hydrogen (secondary N) is 1. The van der Waals surface area contributed by atoms with E-state index in [1.807, 2.05) is 0 Å². The smallest absolute Gasteiger partial charge is 0.331 e. The lowest BCUT2D eigenvalue weighted by atomic mass is 9.88. The molecule has 0 fully saturated rings. The molecule has 0 aliphatic heterocycles. The Bertz CT molecular complexity index is 531. The number of nitrogens with zero attached hydrogens (tertiary/aromatic N) is 1. The zero-order valence-electron chi connectivity index (χ0n) is 13.5. The number of aliphatic imine (C=N–C) groups is 1. The van der Waals surface area contributed by atoms with E-state index in [4.69, 9.17) is 16.2 Å². The summed E-state index contributed by atoms with van der Waals surface area (Å²) in [5.41, 5.74) is 10.9. The molecule has 10 heteroatoms. The van der Waals surface area contributed by atoms with E-state index in [2.05, 4.69) is 10.3 Å². The highest BCUT2D eigenvalue weighted by atomic mass is 16.5. The Kier molecular flexibility index (Phi) is 7.14. The lowest BCUT2D eigenvalue weighted by Gasteiger charge is -2.34. The molecule has 0 saturated heterocycles. The van der Waals surface area contributed by atoms with Gasteiger partial charge in [-0.05, 0) is 0 Å². The zero-order valence-corrected chi connectivity index (χ0v) is 13.5. The molecular weight excluding hydrogens is 320 g/mol. The van der Waals surface area contributed by atoms with Crippen LogP contribution in [0, 0.1) is 5.92 Å². The van der Waals surface area contributed by atoms with Crippen molar-refractivity contribution in [2.75, 3.05) is 13.7 Å². The van der Waals surface area contributed by atoms with Gasteiger partial charge in [0.15, 0.2) is 5.96 Å². The average molecular weight is 344 g/mol. The third-order valence-corrected chi connectivity index (χ3v) is 3.83. The molecular formula is C14H24N4O6.